The van der Waals surface area contributed by atoms with Crippen LogP contribution in [0.2, 0.25) is 0 Å². The molecule has 0 unspecified atom stereocenters. The lowest BCUT2D eigenvalue weighted by molar-refractivity contribution is -0.144. The van der Waals surface area contributed by atoms with Crippen molar-refractivity contribution in [2.24, 2.45) is 45.7 Å². The molecule has 0 aliphatic carbocycles. The van der Waals surface area contributed by atoms with Crippen molar-refractivity contribution in [2.45, 2.75) is 179 Å². The van der Waals surface area contributed by atoms with Crippen molar-refractivity contribution in [3.8, 4) is 0 Å². The van der Waals surface area contributed by atoms with Crippen LogP contribution in [0.1, 0.15) is 125 Å². The summed E-state index contributed by atoms with van der Waals surface area (Å²) in [6.45, 7) is 9.96. The first-order valence-electron chi connectivity index (χ1n) is 25.4. The molecule has 10 atom stereocenters. The van der Waals surface area contributed by atoms with E-state index >= 15 is 0 Å². The van der Waals surface area contributed by atoms with E-state index in [4.69, 9.17) is 22.9 Å². The first-order valence-corrected chi connectivity index (χ1v) is 25.4. The van der Waals surface area contributed by atoms with Gasteiger partial charge in [-0.2, -0.15) is 0 Å². The second-order valence-corrected chi connectivity index (χ2v) is 19.3. The summed E-state index contributed by atoms with van der Waals surface area (Å²) < 4.78 is 0. The molecule has 31 nitrogen and oxygen atoms in total. The number of unbranched alkanes of at least 4 members (excludes halogenated alkanes) is 1. The van der Waals surface area contributed by atoms with Gasteiger partial charge in [0.05, 0.1) is 18.9 Å². The van der Waals surface area contributed by atoms with Crippen molar-refractivity contribution in [3.63, 3.8) is 0 Å². The SMILES string of the molecule is CC[C@H](C)[C@H](N)C(=O)N[C@@H](CC(C)C)C(=O)N[C@@H](CC(=O)O)C(=O)N[C@@H](CCC(=O)O)C(=O)N[C@@H](CCC(=O)O)C(=O)N[C@@H](CCCN=C(N)N)C(=O)N[C@@H](CC(=O)O)C(=O)N[C@@H](CCCCN)C(=O)N[C@H](C(=O)O)C(C)C. The molecule has 0 aromatic rings. The summed E-state index contributed by atoms with van der Waals surface area (Å²) in [4.78, 5) is 173. The van der Waals surface area contributed by atoms with Crippen LogP contribution in [0, 0.1) is 17.8 Å². The number of aliphatic carboxylic acids is 5. The van der Waals surface area contributed by atoms with Gasteiger partial charge in [0.15, 0.2) is 5.96 Å². The molecule has 0 bridgehead atoms. The maximum atomic E-state index is 14.1. The number of rotatable bonds is 40. The molecule has 31 heteroatoms. The first kappa shape index (κ1) is 70.3. The van der Waals surface area contributed by atoms with E-state index in [1.54, 1.807) is 27.7 Å². The molecule has 0 radical (unpaired) electrons. The van der Waals surface area contributed by atoms with Crippen LogP contribution in [-0.2, 0) is 62.3 Å². The number of aliphatic imine (C=N–C) groups is 1. The maximum absolute atomic E-state index is 14.1. The van der Waals surface area contributed by atoms with Crippen LogP contribution in [0.5, 0.6) is 0 Å². The Balaban J connectivity index is 7.07. The Hall–Kier alpha value is -7.70. The highest BCUT2D eigenvalue weighted by molar-refractivity contribution is 5.99. The number of carbonyl (C=O) groups is 13. The van der Waals surface area contributed by atoms with Gasteiger partial charge in [-0.25, -0.2) is 4.79 Å². The van der Waals surface area contributed by atoms with Crippen LogP contribution < -0.4 is 65.5 Å². The highest BCUT2D eigenvalue weighted by Crippen LogP contribution is 2.13. The number of carboxylic acid groups (broad SMARTS) is 5. The fourth-order valence-electron chi connectivity index (χ4n) is 7.26. The van der Waals surface area contributed by atoms with E-state index in [1.807, 2.05) is 0 Å². The average molecular weight is 1120 g/mol. The second kappa shape index (κ2) is 36.4. The molecule has 0 saturated heterocycles. The molecule has 0 aliphatic heterocycles. The summed E-state index contributed by atoms with van der Waals surface area (Å²) in [7, 11) is 0. The predicted octanol–water partition coefficient (Wildman–Crippen LogP) is -4.11. The Morgan fingerprint density at radius 2 is 0.821 bits per heavy atom. The molecule has 0 saturated carbocycles. The Morgan fingerprint density at radius 3 is 1.17 bits per heavy atom. The fourth-order valence-corrected chi connectivity index (χ4v) is 7.26. The molecule has 442 valence electrons. The van der Waals surface area contributed by atoms with Gasteiger partial charge in [-0.05, 0) is 75.7 Å². The molecule has 78 heavy (non-hydrogen) atoms. The third-order valence-corrected chi connectivity index (χ3v) is 11.9. The highest BCUT2D eigenvalue weighted by atomic mass is 16.4. The van der Waals surface area contributed by atoms with Gasteiger partial charge >= 0.3 is 29.8 Å². The molecule has 0 aromatic carbocycles. The summed E-state index contributed by atoms with van der Waals surface area (Å²) in [5.41, 5.74) is 22.5. The quantitative estimate of drug-likeness (QED) is 0.0157. The van der Waals surface area contributed by atoms with Crippen LogP contribution in [0.3, 0.4) is 0 Å². The topological polar surface area (TPSA) is 536 Å². The van der Waals surface area contributed by atoms with Gasteiger partial charge < -0.3 is 91.0 Å². The maximum Gasteiger partial charge on any atom is 0.326 e. The largest absolute Gasteiger partial charge is 0.481 e. The fraction of sp³-hybridized carbons (Fsp3) is 0.702. The predicted molar refractivity (Wildman–Crippen MR) is 276 cm³/mol. The Kier molecular flexibility index (Phi) is 32.8. The molecule has 0 fully saturated rings. The van der Waals surface area contributed by atoms with Gasteiger partial charge in [0.1, 0.15) is 48.3 Å². The highest BCUT2D eigenvalue weighted by Gasteiger charge is 2.37. The van der Waals surface area contributed by atoms with Crippen LogP contribution in [0.4, 0.5) is 0 Å². The number of hydrogen-bond donors (Lipinski definition) is 17. The minimum absolute atomic E-state index is 0.000271. The van der Waals surface area contributed by atoms with E-state index in [2.05, 4.69) is 47.5 Å². The molecule has 0 aliphatic rings. The Bertz CT molecular complexity index is 2120. The van der Waals surface area contributed by atoms with Crippen LogP contribution in [-0.4, -0.2) is 176 Å². The normalized spacial score (nSPS) is 14.9. The van der Waals surface area contributed by atoms with E-state index in [0.717, 1.165) is 0 Å². The van der Waals surface area contributed by atoms with E-state index in [-0.39, 0.29) is 63.0 Å². The van der Waals surface area contributed by atoms with Crippen molar-refractivity contribution in [3.05, 3.63) is 0 Å². The number of nitrogens with one attached hydrogen (secondary N) is 8. The Labute approximate surface area is 450 Å². The monoisotopic (exact) mass is 1120 g/mol. The number of carbonyl (C=O) groups excluding carboxylic acids is 8. The van der Waals surface area contributed by atoms with Crippen LogP contribution in [0.15, 0.2) is 4.99 Å². The molecular weight excluding hydrogens is 1030 g/mol. The molecule has 21 N–H and O–H groups in total. The van der Waals surface area contributed by atoms with Gasteiger partial charge in [-0.15, -0.1) is 0 Å². The van der Waals surface area contributed by atoms with Crippen LogP contribution in [0.25, 0.3) is 0 Å². The third kappa shape index (κ3) is 28.4. The summed E-state index contributed by atoms with van der Waals surface area (Å²) in [6.07, 6.45) is -4.81. The number of nitrogens with two attached hydrogens (primary N) is 4. The zero-order valence-electron chi connectivity index (χ0n) is 44.8. The van der Waals surface area contributed by atoms with Gasteiger partial charge in [0, 0.05) is 19.4 Å². The molecular formula is C47H81N13O18. The lowest BCUT2D eigenvalue weighted by Crippen LogP contribution is -2.61. The van der Waals surface area contributed by atoms with Crippen molar-refractivity contribution in [2.75, 3.05) is 13.1 Å². The zero-order chi connectivity index (χ0) is 60.0. The number of hydrogen-bond acceptors (Lipinski definition) is 16. The molecule has 0 rings (SSSR count). The standard InChI is InChI=1S/C47H81N13O18/c1-7-24(6)36(49)45(76)59-29(19-22(2)3)42(73)58-31(21-35(67)68)44(75)56-28(14-16-33(63)64)40(71)55-27(13-15-32(61)62)39(70)53-26(12-10-18-52-47(50)51)38(69)57-30(20-34(65)66)43(74)54-25(11-8-9-17-48)41(72)60-37(23(4)5)46(77)78/h22-31,36-37H,7-21,48-49H2,1-6H3,(H,53,70)(H,54,74)(H,55,71)(H,56,75)(H,57,69)(H,58,73)(H,59,76)(H,60,72)(H,61,62)(H,63,64)(H,65,66)(H,67,68)(H,77,78)(H4,50,51,52)/t24-,25-,26-,27-,28-,29-,30-,31-,36-,37-/m0/s1. The van der Waals surface area contributed by atoms with E-state index < -0.39 is 176 Å². The lowest BCUT2D eigenvalue weighted by Gasteiger charge is -2.28. The van der Waals surface area contributed by atoms with Crippen molar-refractivity contribution in [1.82, 2.24) is 42.5 Å². The zero-order valence-corrected chi connectivity index (χ0v) is 44.8. The van der Waals surface area contributed by atoms with Crippen molar-refractivity contribution >= 4 is 83.1 Å². The Morgan fingerprint density at radius 1 is 0.462 bits per heavy atom. The minimum atomic E-state index is -1.97. The molecule has 0 spiro atoms. The average Bonchev–Trinajstić information content (AvgIpc) is 3.33. The third-order valence-electron chi connectivity index (χ3n) is 11.9. The number of carboxylic acids is 5. The van der Waals surface area contributed by atoms with E-state index in [0.29, 0.717) is 12.8 Å². The summed E-state index contributed by atoms with van der Waals surface area (Å²) in [5.74, 6) is -18.2. The number of guanidine groups is 1. The smallest absolute Gasteiger partial charge is 0.326 e. The van der Waals surface area contributed by atoms with Crippen molar-refractivity contribution < 1.29 is 87.9 Å². The van der Waals surface area contributed by atoms with E-state index in [1.165, 1.54) is 13.8 Å². The first-order chi connectivity index (χ1) is 36.3. The van der Waals surface area contributed by atoms with Gasteiger partial charge in [-0.1, -0.05) is 48.0 Å². The molecule has 8 amide bonds. The summed E-state index contributed by atoms with van der Waals surface area (Å²) in [6, 6.07) is -14.8. The summed E-state index contributed by atoms with van der Waals surface area (Å²) >= 11 is 0. The van der Waals surface area contributed by atoms with Gasteiger partial charge in [0.25, 0.3) is 0 Å². The summed E-state index contributed by atoms with van der Waals surface area (Å²) in [5, 5.41) is 66.5. The minimum Gasteiger partial charge on any atom is -0.481 e. The van der Waals surface area contributed by atoms with Crippen LogP contribution >= 0.6 is 0 Å². The number of nitrogens with zero attached hydrogens (tertiary/aromatic N) is 1. The van der Waals surface area contributed by atoms with Gasteiger partial charge in [0.2, 0.25) is 47.3 Å². The van der Waals surface area contributed by atoms with Crippen molar-refractivity contribution in [1.29, 1.82) is 0 Å². The lowest BCUT2D eigenvalue weighted by atomic mass is 9.97. The molecule has 0 heterocycles. The van der Waals surface area contributed by atoms with Gasteiger partial charge in [-0.3, -0.25) is 62.5 Å². The molecule has 0 aromatic heterocycles. The second-order valence-electron chi connectivity index (χ2n) is 19.3. The number of amides is 8. The van der Waals surface area contributed by atoms with E-state index in [9.17, 15) is 87.9 Å².